The number of allylic oxidation sites excluding steroid dienone is 4. The van der Waals surface area contributed by atoms with E-state index in [1.807, 2.05) is 12.4 Å². The molecule has 0 N–H and O–H groups in total. The highest BCUT2D eigenvalue weighted by molar-refractivity contribution is 7.72. The molecule has 0 spiro atoms. The third-order valence-corrected chi connectivity index (χ3v) is 21.6. The maximum Gasteiger partial charge on any atom is 0.0695 e. The average molecular weight is 733 g/mol. The molecule has 8 saturated carbocycles. The van der Waals surface area contributed by atoms with Crippen LogP contribution in [-0.4, -0.2) is 32.6 Å². The monoisotopic (exact) mass is 732 g/mol. The van der Waals surface area contributed by atoms with E-state index in [9.17, 15) is 0 Å². The Hall–Kier alpha value is -2.92. The van der Waals surface area contributed by atoms with Crippen molar-refractivity contribution in [3.8, 4) is 0 Å². The third kappa shape index (κ3) is 5.96. The van der Waals surface area contributed by atoms with E-state index in [0.717, 1.165) is 41.7 Å². The molecule has 9 aliphatic carbocycles. The average Bonchev–Trinajstić information content (AvgIpc) is 3.54. The summed E-state index contributed by atoms with van der Waals surface area (Å²) in [7, 11) is -0.961. The first-order valence-corrected chi connectivity index (χ1v) is 24.1. The predicted molar refractivity (Wildman–Crippen MR) is 224 cm³/mol. The van der Waals surface area contributed by atoms with Gasteiger partial charge in [-0.05, 0) is 176 Å². The van der Waals surface area contributed by atoms with Crippen molar-refractivity contribution in [3.05, 3.63) is 138 Å². The molecule has 53 heavy (non-hydrogen) atoms. The second kappa shape index (κ2) is 13.4. The van der Waals surface area contributed by atoms with Gasteiger partial charge in [0.2, 0.25) is 0 Å². The lowest BCUT2D eigenvalue weighted by Gasteiger charge is -2.68. The van der Waals surface area contributed by atoms with Gasteiger partial charge in [0, 0.05) is 32.4 Å². The Morgan fingerprint density at radius 3 is 1.42 bits per heavy atom. The topological polar surface area (TPSA) is 25.8 Å². The molecular formula is C49H54N2P2. The maximum absolute atomic E-state index is 5.04. The van der Waals surface area contributed by atoms with Gasteiger partial charge < -0.3 is 0 Å². The van der Waals surface area contributed by atoms with Gasteiger partial charge in [0.15, 0.2) is 0 Å². The molecule has 4 aromatic rings. The van der Waals surface area contributed by atoms with E-state index in [1.54, 1.807) is 88.2 Å². The Labute approximate surface area is 319 Å². The van der Waals surface area contributed by atoms with E-state index >= 15 is 0 Å². The summed E-state index contributed by atoms with van der Waals surface area (Å²) in [5.74, 6) is 6.32. The number of hydrogen-bond acceptors (Lipinski definition) is 2. The van der Waals surface area contributed by atoms with Gasteiger partial charge in [-0.1, -0.05) is 92.4 Å². The summed E-state index contributed by atoms with van der Waals surface area (Å²) in [6.45, 7) is 0. The molecule has 8 fully saturated rings. The van der Waals surface area contributed by atoms with Crippen LogP contribution >= 0.6 is 15.8 Å². The normalized spacial score (nSPS) is 35.6. The number of hydrogen-bond donors (Lipinski definition) is 0. The molecule has 0 amide bonds. The molecule has 9 aliphatic rings. The van der Waals surface area contributed by atoms with E-state index in [-0.39, 0.29) is 7.92 Å². The molecule has 1 atom stereocenters. The molecule has 4 heteroatoms. The van der Waals surface area contributed by atoms with Gasteiger partial charge in [-0.2, -0.15) is 0 Å². The quantitative estimate of drug-likeness (QED) is 0.152. The summed E-state index contributed by atoms with van der Waals surface area (Å²) in [4.78, 5) is 10.1. The number of nitrogens with zero attached hydrogens (tertiary/aromatic N) is 2. The summed E-state index contributed by atoms with van der Waals surface area (Å²) in [5, 5.41) is 1.19. The third-order valence-electron chi connectivity index (χ3n) is 15.3. The zero-order valence-corrected chi connectivity index (χ0v) is 33.0. The van der Waals surface area contributed by atoms with Crippen LogP contribution in [0.5, 0.6) is 0 Å². The molecule has 2 heterocycles. The summed E-state index contributed by atoms with van der Waals surface area (Å²) >= 11 is 0. The molecule has 2 nitrogen and oxygen atoms in total. The second-order valence-corrected chi connectivity index (χ2v) is 23.9. The standard InChI is InChI=1S/C49H54N2P2/c1-3-11-40(12-4-1)43-25-42(32-52(45-15-7-9-17-50-45)46-16-8-10-18-51-46)44(47(43)41-13-5-2-6-14-41)33-53(48-26-34-19-35(27-48)21-36(20-34)28-48)49-29-37-22-38(30-49)24-39(23-37)31-49/h1-18,25,34-39,47H,19-24,26-33H2. The zero-order chi connectivity index (χ0) is 35.0. The van der Waals surface area contributed by atoms with Gasteiger partial charge in [-0.15, -0.1) is 0 Å². The number of benzene rings is 2. The van der Waals surface area contributed by atoms with Crippen LogP contribution in [0.2, 0.25) is 0 Å². The van der Waals surface area contributed by atoms with E-state index in [4.69, 9.17) is 9.97 Å². The zero-order valence-electron chi connectivity index (χ0n) is 31.2. The minimum absolute atomic E-state index is 0.200. The Morgan fingerprint density at radius 2 is 0.962 bits per heavy atom. The first-order valence-electron chi connectivity index (χ1n) is 21.0. The van der Waals surface area contributed by atoms with Crippen molar-refractivity contribution < 1.29 is 0 Å². The Bertz CT molecular complexity index is 1850. The molecule has 0 aliphatic heterocycles. The molecule has 13 rings (SSSR count). The molecular weight excluding hydrogens is 679 g/mol. The van der Waals surface area contributed by atoms with Crippen LogP contribution in [0, 0.1) is 35.5 Å². The van der Waals surface area contributed by atoms with Crippen LogP contribution in [0.4, 0.5) is 0 Å². The van der Waals surface area contributed by atoms with E-state index in [2.05, 4.69) is 103 Å². The van der Waals surface area contributed by atoms with Crippen LogP contribution in [0.25, 0.3) is 5.57 Å². The van der Waals surface area contributed by atoms with Gasteiger partial charge >= 0.3 is 0 Å². The molecule has 2 aromatic carbocycles. The van der Waals surface area contributed by atoms with E-state index in [0.29, 0.717) is 16.2 Å². The molecule has 0 saturated heterocycles. The van der Waals surface area contributed by atoms with Gasteiger partial charge in [0.05, 0.1) is 10.9 Å². The lowest BCUT2D eigenvalue weighted by atomic mass is 9.55. The van der Waals surface area contributed by atoms with Gasteiger partial charge in [0.1, 0.15) is 0 Å². The van der Waals surface area contributed by atoms with Crippen LogP contribution in [-0.2, 0) is 0 Å². The summed E-state index contributed by atoms with van der Waals surface area (Å²) in [5.41, 5.74) is 10.2. The van der Waals surface area contributed by atoms with E-state index < -0.39 is 7.92 Å². The Kier molecular flexibility index (Phi) is 8.44. The smallest absolute Gasteiger partial charge is 0.0695 e. The first-order chi connectivity index (χ1) is 26.1. The highest BCUT2D eigenvalue weighted by atomic mass is 31.1. The largest absolute Gasteiger partial charge is 0.256 e. The molecule has 0 radical (unpaired) electrons. The Morgan fingerprint density at radius 1 is 0.509 bits per heavy atom. The van der Waals surface area contributed by atoms with Crippen molar-refractivity contribution in [1.29, 1.82) is 0 Å². The van der Waals surface area contributed by atoms with Crippen molar-refractivity contribution >= 4 is 32.3 Å². The number of aromatic nitrogens is 2. The number of rotatable bonds is 10. The van der Waals surface area contributed by atoms with Gasteiger partial charge in [0.25, 0.3) is 0 Å². The van der Waals surface area contributed by atoms with Crippen molar-refractivity contribution in [2.75, 3.05) is 12.3 Å². The van der Waals surface area contributed by atoms with Crippen LogP contribution in [0.15, 0.2) is 127 Å². The van der Waals surface area contributed by atoms with Gasteiger partial charge in [-0.25, -0.2) is 0 Å². The summed E-state index contributed by atoms with van der Waals surface area (Å²) in [6.07, 6.45) is 27.6. The van der Waals surface area contributed by atoms with Gasteiger partial charge in [-0.3, -0.25) is 9.97 Å². The van der Waals surface area contributed by atoms with Crippen molar-refractivity contribution in [2.45, 2.75) is 93.3 Å². The highest BCUT2D eigenvalue weighted by Crippen LogP contribution is 2.79. The lowest BCUT2D eigenvalue weighted by Crippen LogP contribution is -2.57. The maximum atomic E-state index is 5.04. The second-order valence-electron chi connectivity index (χ2n) is 18.7. The molecule has 8 bridgehead atoms. The number of pyridine rings is 2. The highest BCUT2D eigenvalue weighted by Gasteiger charge is 2.63. The minimum Gasteiger partial charge on any atom is -0.256 e. The fraction of sp³-hybridized carbons (Fsp3) is 0.469. The van der Waals surface area contributed by atoms with Crippen LogP contribution in [0.3, 0.4) is 0 Å². The van der Waals surface area contributed by atoms with E-state index in [1.165, 1.54) is 33.7 Å². The minimum atomic E-state index is -0.761. The summed E-state index contributed by atoms with van der Waals surface area (Å²) < 4.78 is 0. The Balaban J connectivity index is 1.09. The lowest BCUT2D eigenvalue weighted by molar-refractivity contribution is 0.0187. The SMILES string of the molecule is C1=C(c2ccccc2)C(c2ccccc2)C(CP(C23CC4CC(CC(C4)C2)C3)C23CC4CC(CC(C4)C2)C3)=C1CP(c1ccccn1)c1ccccn1. The first kappa shape index (κ1) is 33.4. The van der Waals surface area contributed by atoms with Crippen molar-refractivity contribution in [3.63, 3.8) is 0 Å². The van der Waals surface area contributed by atoms with Crippen LogP contribution < -0.4 is 10.9 Å². The fourth-order valence-electron chi connectivity index (χ4n) is 14.3. The predicted octanol–water partition coefficient (Wildman–Crippen LogP) is 11.5. The fourth-order valence-corrected chi connectivity index (χ4v) is 21.7. The van der Waals surface area contributed by atoms with Crippen LogP contribution in [0.1, 0.15) is 94.1 Å². The van der Waals surface area contributed by atoms with Crippen molar-refractivity contribution in [2.24, 2.45) is 35.5 Å². The molecule has 270 valence electrons. The molecule has 2 aromatic heterocycles. The van der Waals surface area contributed by atoms with Crippen molar-refractivity contribution in [1.82, 2.24) is 9.97 Å². The summed E-state index contributed by atoms with van der Waals surface area (Å²) in [6, 6.07) is 36.2. The molecule has 1 unspecified atom stereocenters.